The second-order valence-corrected chi connectivity index (χ2v) is 6.40. The minimum absolute atomic E-state index is 0.126. The Hall–Kier alpha value is -1.56. The zero-order chi connectivity index (χ0) is 14.5. The van der Waals surface area contributed by atoms with Gasteiger partial charge < -0.3 is 4.90 Å². The lowest BCUT2D eigenvalue weighted by molar-refractivity contribution is 0.584. The van der Waals surface area contributed by atoms with Crippen LogP contribution in [0, 0.1) is 17.2 Å². The van der Waals surface area contributed by atoms with Gasteiger partial charge in [-0.2, -0.15) is 5.26 Å². The van der Waals surface area contributed by atoms with Gasteiger partial charge in [0.05, 0.1) is 12.5 Å². The van der Waals surface area contributed by atoms with E-state index >= 15 is 0 Å². The highest BCUT2D eigenvalue weighted by Gasteiger charge is 2.15. The summed E-state index contributed by atoms with van der Waals surface area (Å²) < 4.78 is 0. The second-order valence-electron chi connectivity index (χ2n) is 6.40. The molecule has 0 amide bonds. The van der Waals surface area contributed by atoms with Crippen molar-refractivity contribution in [2.75, 3.05) is 18.0 Å². The lowest BCUT2D eigenvalue weighted by Gasteiger charge is -2.26. The maximum absolute atomic E-state index is 8.75. The fraction of sp³-hybridized carbons (Fsp3) is 0.625. The van der Waals surface area contributed by atoms with Crippen molar-refractivity contribution in [3.8, 4) is 6.07 Å². The van der Waals surface area contributed by atoms with E-state index in [1.165, 1.54) is 5.56 Å². The first-order chi connectivity index (χ1) is 8.84. The van der Waals surface area contributed by atoms with Gasteiger partial charge in [0.1, 0.15) is 5.82 Å². The molecule has 0 aliphatic rings. The predicted molar refractivity (Wildman–Crippen MR) is 80.2 cm³/mol. The Labute approximate surface area is 117 Å². The summed E-state index contributed by atoms with van der Waals surface area (Å²) in [6.45, 7) is 12.6. The molecule has 0 fully saturated rings. The van der Waals surface area contributed by atoms with E-state index in [1.807, 2.05) is 6.20 Å². The number of aromatic nitrogens is 1. The van der Waals surface area contributed by atoms with Gasteiger partial charge in [0.15, 0.2) is 0 Å². The standard InChI is InChI=1S/C16H25N3/c1-13(2)12-19(10-6-9-17)15-8-7-14(11-18-15)16(3,4)5/h7-8,11,13H,6,10,12H2,1-5H3. The van der Waals surface area contributed by atoms with Crippen LogP contribution >= 0.6 is 0 Å². The highest BCUT2D eigenvalue weighted by molar-refractivity contribution is 5.40. The van der Waals surface area contributed by atoms with E-state index in [4.69, 9.17) is 5.26 Å². The highest BCUT2D eigenvalue weighted by atomic mass is 15.2. The molecule has 1 aromatic heterocycles. The minimum atomic E-state index is 0.126. The first kappa shape index (κ1) is 15.5. The summed E-state index contributed by atoms with van der Waals surface area (Å²) in [7, 11) is 0. The average molecular weight is 259 g/mol. The van der Waals surface area contributed by atoms with E-state index in [2.05, 4.69) is 62.7 Å². The molecule has 19 heavy (non-hydrogen) atoms. The molecule has 1 rings (SSSR count). The summed E-state index contributed by atoms with van der Waals surface area (Å²) in [5.74, 6) is 1.53. The third kappa shape index (κ3) is 4.90. The van der Waals surface area contributed by atoms with Gasteiger partial charge in [-0.15, -0.1) is 0 Å². The molecule has 1 aromatic rings. The molecule has 0 atom stereocenters. The van der Waals surface area contributed by atoms with E-state index in [1.54, 1.807) is 0 Å². The molecule has 0 bridgehead atoms. The van der Waals surface area contributed by atoms with Crippen LogP contribution in [0.1, 0.15) is 46.6 Å². The van der Waals surface area contributed by atoms with E-state index in [9.17, 15) is 0 Å². The van der Waals surface area contributed by atoms with Gasteiger partial charge in [-0.05, 0) is 23.0 Å². The van der Waals surface area contributed by atoms with Crippen LogP contribution in [-0.2, 0) is 5.41 Å². The van der Waals surface area contributed by atoms with Crippen molar-refractivity contribution in [2.45, 2.75) is 46.5 Å². The van der Waals surface area contributed by atoms with Gasteiger partial charge in [0.25, 0.3) is 0 Å². The molecule has 3 nitrogen and oxygen atoms in total. The number of hydrogen-bond donors (Lipinski definition) is 0. The van der Waals surface area contributed by atoms with Crippen LogP contribution in [-0.4, -0.2) is 18.1 Å². The lowest BCUT2D eigenvalue weighted by atomic mass is 9.88. The predicted octanol–water partition coefficient (Wildman–Crippen LogP) is 3.76. The SMILES string of the molecule is CC(C)CN(CCC#N)c1ccc(C(C)(C)C)cn1. The average Bonchev–Trinajstić information content (AvgIpc) is 2.33. The van der Waals surface area contributed by atoms with Crippen LogP contribution in [0.25, 0.3) is 0 Å². The maximum atomic E-state index is 8.75. The Bertz CT molecular complexity index is 421. The number of hydrogen-bond acceptors (Lipinski definition) is 3. The Balaban J connectivity index is 2.87. The molecule has 0 aliphatic carbocycles. The number of rotatable bonds is 5. The number of nitriles is 1. The van der Waals surface area contributed by atoms with Gasteiger partial charge >= 0.3 is 0 Å². The van der Waals surface area contributed by atoms with Crippen molar-refractivity contribution in [2.24, 2.45) is 5.92 Å². The zero-order valence-electron chi connectivity index (χ0n) is 12.8. The van der Waals surface area contributed by atoms with Crippen molar-refractivity contribution in [1.82, 2.24) is 4.98 Å². The Morgan fingerprint density at radius 2 is 2.00 bits per heavy atom. The third-order valence-electron chi connectivity index (χ3n) is 3.02. The lowest BCUT2D eigenvalue weighted by Crippen LogP contribution is -2.29. The van der Waals surface area contributed by atoms with Gasteiger partial charge in [0.2, 0.25) is 0 Å². The highest BCUT2D eigenvalue weighted by Crippen LogP contribution is 2.23. The smallest absolute Gasteiger partial charge is 0.128 e. The second kappa shape index (κ2) is 6.56. The molecular weight excluding hydrogens is 234 g/mol. The Morgan fingerprint density at radius 1 is 1.32 bits per heavy atom. The van der Waals surface area contributed by atoms with Crippen molar-refractivity contribution in [1.29, 1.82) is 5.26 Å². The molecule has 0 saturated carbocycles. The number of pyridine rings is 1. The summed E-state index contributed by atoms with van der Waals surface area (Å²) in [6.07, 6.45) is 2.49. The molecule has 0 unspecified atom stereocenters. The van der Waals surface area contributed by atoms with Gasteiger partial charge in [-0.3, -0.25) is 0 Å². The molecule has 3 heteroatoms. The maximum Gasteiger partial charge on any atom is 0.128 e. The summed E-state index contributed by atoms with van der Waals surface area (Å²) in [5.41, 5.74) is 1.36. The topological polar surface area (TPSA) is 39.9 Å². The van der Waals surface area contributed by atoms with Crippen LogP contribution < -0.4 is 4.90 Å². The van der Waals surface area contributed by atoms with E-state index in [0.29, 0.717) is 12.3 Å². The van der Waals surface area contributed by atoms with Crippen molar-refractivity contribution in [3.05, 3.63) is 23.9 Å². The first-order valence-corrected chi connectivity index (χ1v) is 6.93. The van der Waals surface area contributed by atoms with Gasteiger partial charge in [0, 0.05) is 19.3 Å². The molecule has 0 spiro atoms. The largest absolute Gasteiger partial charge is 0.355 e. The Kier molecular flexibility index (Phi) is 5.35. The molecule has 0 aromatic carbocycles. The van der Waals surface area contributed by atoms with E-state index < -0.39 is 0 Å². The van der Waals surface area contributed by atoms with Crippen molar-refractivity contribution < 1.29 is 0 Å². The van der Waals surface area contributed by atoms with Crippen LogP contribution in [0.5, 0.6) is 0 Å². The zero-order valence-corrected chi connectivity index (χ0v) is 12.8. The quantitative estimate of drug-likeness (QED) is 0.808. The van der Waals surface area contributed by atoms with Gasteiger partial charge in [-0.1, -0.05) is 40.7 Å². The van der Waals surface area contributed by atoms with Crippen LogP contribution in [0.15, 0.2) is 18.3 Å². The fourth-order valence-electron chi connectivity index (χ4n) is 1.94. The molecule has 0 saturated heterocycles. The number of nitrogens with zero attached hydrogens (tertiary/aromatic N) is 3. The van der Waals surface area contributed by atoms with Crippen LogP contribution in [0.2, 0.25) is 0 Å². The van der Waals surface area contributed by atoms with E-state index in [-0.39, 0.29) is 5.41 Å². The van der Waals surface area contributed by atoms with Crippen molar-refractivity contribution >= 4 is 5.82 Å². The normalized spacial score (nSPS) is 11.4. The number of anilines is 1. The third-order valence-corrected chi connectivity index (χ3v) is 3.02. The molecule has 104 valence electrons. The first-order valence-electron chi connectivity index (χ1n) is 6.93. The van der Waals surface area contributed by atoms with Crippen molar-refractivity contribution in [3.63, 3.8) is 0 Å². The minimum Gasteiger partial charge on any atom is -0.355 e. The van der Waals surface area contributed by atoms with Crippen LogP contribution in [0.3, 0.4) is 0 Å². The molecule has 0 aliphatic heterocycles. The summed E-state index contributed by atoms with van der Waals surface area (Å²) in [6, 6.07) is 6.42. The fourth-order valence-corrected chi connectivity index (χ4v) is 1.94. The molecule has 0 N–H and O–H groups in total. The summed E-state index contributed by atoms with van der Waals surface area (Å²) in [4.78, 5) is 6.76. The van der Waals surface area contributed by atoms with Gasteiger partial charge in [-0.25, -0.2) is 4.98 Å². The van der Waals surface area contributed by atoms with E-state index in [0.717, 1.165) is 18.9 Å². The monoisotopic (exact) mass is 259 g/mol. The van der Waals surface area contributed by atoms with Crippen LogP contribution in [0.4, 0.5) is 5.82 Å². The molecular formula is C16H25N3. The summed E-state index contributed by atoms with van der Waals surface area (Å²) >= 11 is 0. The summed E-state index contributed by atoms with van der Waals surface area (Å²) in [5, 5.41) is 8.75. The molecule has 1 heterocycles. The molecule has 0 radical (unpaired) electrons. The Morgan fingerprint density at radius 3 is 2.42 bits per heavy atom.